The van der Waals surface area contributed by atoms with E-state index in [-0.39, 0.29) is 22.8 Å². The predicted octanol–water partition coefficient (Wildman–Crippen LogP) is 5.09. The van der Waals surface area contributed by atoms with Gasteiger partial charge < -0.3 is 15.5 Å². The van der Waals surface area contributed by atoms with E-state index in [1.807, 2.05) is 0 Å². The van der Waals surface area contributed by atoms with E-state index in [4.69, 9.17) is 11.6 Å². The largest absolute Gasteiger partial charge is 0.322 e. The first-order valence-electron chi connectivity index (χ1n) is 9.34. The number of rotatable bonds is 4. The second-order valence-electron chi connectivity index (χ2n) is 6.79. The highest BCUT2D eigenvalue weighted by atomic mass is 35.5. The number of hydrogen-bond acceptors (Lipinski definition) is 5. The Balaban J connectivity index is 1.45. The molecule has 0 saturated carbocycles. The SMILES string of the molecule is O=C(Nc1ccc(F)c(F)c1)c1nnc([C@H]2CCCN2C(=O)Nc2ccccc2Cl)s1. The number of benzene rings is 2. The van der Waals surface area contributed by atoms with Gasteiger partial charge in [-0.1, -0.05) is 35.1 Å². The Morgan fingerprint density at radius 1 is 1.10 bits per heavy atom. The first-order valence-corrected chi connectivity index (χ1v) is 10.5. The van der Waals surface area contributed by atoms with Crippen molar-refractivity contribution in [2.75, 3.05) is 17.2 Å². The summed E-state index contributed by atoms with van der Waals surface area (Å²) in [7, 11) is 0. The zero-order chi connectivity index (χ0) is 22.0. The van der Waals surface area contributed by atoms with E-state index in [2.05, 4.69) is 20.8 Å². The summed E-state index contributed by atoms with van der Waals surface area (Å²) in [4.78, 5) is 26.8. The van der Waals surface area contributed by atoms with Gasteiger partial charge in [-0.2, -0.15) is 0 Å². The number of likely N-dealkylation sites (tertiary alicyclic amines) is 1. The summed E-state index contributed by atoms with van der Waals surface area (Å²) >= 11 is 7.15. The smallest absolute Gasteiger partial charge is 0.320 e. The molecule has 31 heavy (non-hydrogen) atoms. The van der Waals surface area contributed by atoms with Crippen LogP contribution in [0.5, 0.6) is 0 Å². The molecule has 0 radical (unpaired) electrons. The van der Waals surface area contributed by atoms with Gasteiger partial charge in [0.2, 0.25) is 5.01 Å². The third-order valence-electron chi connectivity index (χ3n) is 4.73. The molecule has 0 aliphatic carbocycles. The highest BCUT2D eigenvalue weighted by molar-refractivity contribution is 7.13. The van der Waals surface area contributed by atoms with Gasteiger partial charge >= 0.3 is 6.03 Å². The number of urea groups is 1. The van der Waals surface area contributed by atoms with E-state index < -0.39 is 17.5 Å². The van der Waals surface area contributed by atoms with Crippen molar-refractivity contribution in [3.63, 3.8) is 0 Å². The van der Waals surface area contributed by atoms with Gasteiger partial charge in [0.15, 0.2) is 11.6 Å². The monoisotopic (exact) mass is 463 g/mol. The lowest BCUT2D eigenvalue weighted by atomic mass is 10.2. The lowest BCUT2D eigenvalue weighted by Crippen LogP contribution is -2.34. The number of para-hydroxylation sites is 1. The molecule has 0 bridgehead atoms. The molecule has 160 valence electrons. The Labute approximate surface area is 185 Å². The van der Waals surface area contributed by atoms with Crippen LogP contribution in [0.3, 0.4) is 0 Å². The van der Waals surface area contributed by atoms with E-state index in [0.29, 0.717) is 28.7 Å². The third-order valence-corrected chi connectivity index (χ3v) is 6.08. The van der Waals surface area contributed by atoms with Crippen LogP contribution in [0, 0.1) is 11.6 Å². The predicted molar refractivity (Wildman–Crippen MR) is 113 cm³/mol. The second-order valence-corrected chi connectivity index (χ2v) is 8.21. The van der Waals surface area contributed by atoms with Gasteiger partial charge in [0, 0.05) is 18.3 Å². The number of amides is 3. The maximum absolute atomic E-state index is 13.3. The molecule has 2 N–H and O–H groups in total. The van der Waals surface area contributed by atoms with Crippen molar-refractivity contribution in [1.29, 1.82) is 0 Å². The molecule has 4 rings (SSSR count). The lowest BCUT2D eigenvalue weighted by molar-refractivity contribution is 0.102. The summed E-state index contributed by atoms with van der Waals surface area (Å²) < 4.78 is 26.4. The molecule has 2 aromatic carbocycles. The van der Waals surface area contributed by atoms with E-state index in [1.54, 1.807) is 29.2 Å². The topological polar surface area (TPSA) is 87.2 Å². The minimum absolute atomic E-state index is 0.0538. The van der Waals surface area contributed by atoms with Crippen LogP contribution >= 0.6 is 22.9 Å². The van der Waals surface area contributed by atoms with Crippen LogP contribution in [-0.2, 0) is 0 Å². The standard InChI is InChI=1S/C20H16ClF2N5O2S/c21-12-4-1-2-5-15(12)25-20(30)28-9-3-6-16(28)18-26-27-19(31-18)17(29)24-11-7-8-13(22)14(23)10-11/h1-2,4-5,7-8,10,16H,3,6,9H2,(H,24,29)(H,25,30)/t16-/m1/s1. The average molecular weight is 464 g/mol. The molecule has 0 spiro atoms. The molecule has 1 aliphatic heterocycles. The van der Waals surface area contributed by atoms with Crippen molar-refractivity contribution in [1.82, 2.24) is 15.1 Å². The number of carbonyl (C=O) groups excluding carboxylic acids is 2. The Bertz CT molecular complexity index is 1140. The second kappa shape index (κ2) is 8.94. The van der Waals surface area contributed by atoms with Crippen molar-refractivity contribution in [2.24, 2.45) is 0 Å². The Kier molecular flexibility index (Phi) is 6.10. The highest BCUT2D eigenvalue weighted by Crippen LogP contribution is 2.34. The quantitative estimate of drug-likeness (QED) is 0.564. The molecule has 1 aromatic heterocycles. The van der Waals surface area contributed by atoms with Crippen LogP contribution in [0.2, 0.25) is 5.02 Å². The van der Waals surface area contributed by atoms with Crippen molar-refractivity contribution in [2.45, 2.75) is 18.9 Å². The summed E-state index contributed by atoms with van der Waals surface area (Å²) in [6, 6.07) is 9.32. The molecule has 3 amide bonds. The normalized spacial score (nSPS) is 15.7. The summed E-state index contributed by atoms with van der Waals surface area (Å²) in [6.07, 6.45) is 1.45. The van der Waals surface area contributed by atoms with Gasteiger partial charge in [-0.3, -0.25) is 4.79 Å². The number of carbonyl (C=O) groups is 2. The number of hydrogen-bond donors (Lipinski definition) is 2. The summed E-state index contributed by atoms with van der Waals surface area (Å²) in [5, 5.41) is 14.2. The van der Waals surface area contributed by atoms with E-state index >= 15 is 0 Å². The lowest BCUT2D eigenvalue weighted by Gasteiger charge is -2.23. The minimum Gasteiger partial charge on any atom is -0.320 e. The van der Waals surface area contributed by atoms with Crippen molar-refractivity contribution >= 4 is 46.3 Å². The van der Waals surface area contributed by atoms with Crippen LogP contribution in [-0.4, -0.2) is 33.6 Å². The molecule has 2 heterocycles. The van der Waals surface area contributed by atoms with Crippen LogP contribution < -0.4 is 10.6 Å². The van der Waals surface area contributed by atoms with Gasteiger partial charge in [-0.15, -0.1) is 10.2 Å². The molecule has 11 heteroatoms. The molecular weight excluding hydrogens is 448 g/mol. The number of halogens is 3. The highest BCUT2D eigenvalue weighted by Gasteiger charge is 2.33. The first-order chi connectivity index (χ1) is 14.9. The molecule has 0 unspecified atom stereocenters. The minimum atomic E-state index is -1.07. The number of anilines is 2. The Morgan fingerprint density at radius 3 is 2.68 bits per heavy atom. The Morgan fingerprint density at radius 2 is 1.90 bits per heavy atom. The molecule has 1 atom stereocenters. The first kappa shape index (κ1) is 21.1. The molecule has 1 aliphatic rings. The van der Waals surface area contributed by atoms with Gasteiger partial charge in [-0.25, -0.2) is 13.6 Å². The van der Waals surface area contributed by atoms with Gasteiger partial charge in [0.25, 0.3) is 5.91 Å². The zero-order valence-corrected chi connectivity index (χ0v) is 17.5. The number of aromatic nitrogens is 2. The van der Waals surface area contributed by atoms with Crippen molar-refractivity contribution in [3.8, 4) is 0 Å². The number of nitrogens with zero attached hydrogens (tertiary/aromatic N) is 3. The third kappa shape index (κ3) is 4.64. The maximum atomic E-state index is 13.3. The van der Waals surface area contributed by atoms with Crippen molar-refractivity contribution in [3.05, 3.63) is 69.1 Å². The molecule has 1 saturated heterocycles. The molecule has 3 aromatic rings. The van der Waals surface area contributed by atoms with Gasteiger partial charge in [0.05, 0.1) is 16.8 Å². The van der Waals surface area contributed by atoms with Crippen LogP contribution in [0.1, 0.15) is 33.7 Å². The fourth-order valence-electron chi connectivity index (χ4n) is 3.24. The zero-order valence-electron chi connectivity index (χ0n) is 15.9. The van der Waals surface area contributed by atoms with E-state index in [0.717, 1.165) is 29.9 Å². The maximum Gasteiger partial charge on any atom is 0.322 e. The fraction of sp³-hybridized carbons (Fsp3) is 0.200. The molecule has 1 fully saturated rings. The molecule has 7 nitrogen and oxygen atoms in total. The summed E-state index contributed by atoms with van der Waals surface area (Å²) in [5.74, 6) is -2.67. The fourth-order valence-corrected chi connectivity index (χ4v) is 4.30. The van der Waals surface area contributed by atoms with Crippen LogP contribution in [0.25, 0.3) is 0 Å². The summed E-state index contributed by atoms with van der Waals surface area (Å²) in [6.45, 7) is 0.525. The van der Waals surface area contributed by atoms with Gasteiger partial charge in [0.1, 0.15) is 5.01 Å². The van der Waals surface area contributed by atoms with E-state index in [1.165, 1.54) is 6.07 Å². The number of nitrogens with one attached hydrogen (secondary N) is 2. The van der Waals surface area contributed by atoms with Crippen LogP contribution in [0.4, 0.5) is 25.0 Å². The average Bonchev–Trinajstić information content (AvgIpc) is 3.42. The van der Waals surface area contributed by atoms with Crippen LogP contribution in [0.15, 0.2) is 42.5 Å². The Hall–Kier alpha value is -3.11. The van der Waals surface area contributed by atoms with Crippen molar-refractivity contribution < 1.29 is 18.4 Å². The summed E-state index contributed by atoms with van der Waals surface area (Å²) in [5.41, 5.74) is 0.603. The van der Waals surface area contributed by atoms with E-state index in [9.17, 15) is 18.4 Å². The van der Waals surface area contributed by atoms with Gasteiger partial charge in [-0.05, 0) is 37.1 Å². The molecular formula is C20H16ClF2N5O2S.